The third kappa shape index (κ3) is 4.51. The van der Waals surface area contributed by atoms with Gasteiger partial charge in [-0.25, -0.2) is 0 Å². The second kappa shape index (κ2) is 6.76. The van der Waals surface area contributed by atoms with Crippen molar-refractivity contribution in [1.82, 2.24) is 0 Å². The molecule has 132 valence electrons. The molecular formula is C18H17F3N2O2. The fourth-order valence-corrected chi connectivity index (χ4v) is 2.90. The first-order chi connectivity index (χ1) is 11.8. The molecule has 0 bridgehead atoms. The second-order valence-corrected chi connectivity index (χ2v) is 6.02. The van der Waals surface area contributed by atoms with Crippen molar-refractivity contribution in [2.75, 3.05) is 5.32 Å². The fraction of sp³-hybridized carbons (Fsp3) is 0.278. The number of carbonyl (C=O) groups excluding carboxylic acids is 1. The van der Waals surface area contributed by atoms with Crippen LogP contribution >= 0.6 is 0 Å². The van der Waals surface area contributed by atoms with E-state index in [9.17, 15) is 18.0 Å². The summed E-state index contributed by atoms with van der Waals surface area (Å²) in [5.74, 6) is -0.772. The van der Waals surface area contributed by atoms with Crippen LogP contribution in [0.1, 0.15) is 27.9 Å². The molecule has 1 atom stereocenters. The number of alkyl halides is 3. The summed E-state index contributed by atoms with van der Waals surface area (Å²) in [4.78, 5) is 12.4. The number of hydrogen-bond donors (Lipinski definition) is 2. The van der Waals surface area contributed by atoms with Gasteiger partial charge in [0.15, 0.2) is 0 Å². The van der Waals surface area contributed by atoms with Crippen molar-refractivity contribution >= 4 is 11.6 Å². The maximum atomic E-state index is 12.4. The van der Waals surface area contributed by atoms with Crippen LogP contribution in [0, 0.1) is 0 Å². The summed E-state index contributed by atoms with van der Waals surface area (Å²) in [5, 5.41) is 2.59. The Morgan fingerprint density at radius 1 is 1.16 bits per heavy atom. The standard InChI is InChI=1S/C18H17F3N2O2/c19-18(20,21)25-16-3-1-2-15(10-16)23-17(24)13-5-4-12-9-14(22)7-6-11(12)8-13/h1-5,8,10,14H,6-7,9,22H2,(H,23,24). The molecular weight excluding hydrogens is 333 g/mol. The number of aryl methyl sites for hydroxylation is 1. The Morgan fingerprint density at radius 2 is 1.96 bits per heavy atom. The van der Waals surface area contributed by atoms with Crippen molar-refractivity contribution in [3.63, 3.8) is 0 Å². The van der Waals surface area contributed by atoms with Gasteiger partial charge in [0.1, 0.15) is 5.75 Å². The predicted octanol–water partition coefficient (Wildman–Crippen LogP) is 3.65. The molecule has 0 spiro atoms. The average molecular weight is 350 g/mol. The molecule has 0 aliphatic heterocycles. The topological polar surface area (TPSA) is 64.4 Å². The van der Waals surface area contributed by atoms with Gasteiger partial charge >= 0.3 is 6.36 Å². The summed E-state index contributed by atoms with van der Waals surface area (Å²) in [6.07, 6.45) is -2.31. The molecule has 0 saturated carbocycles. The van der Waals surface area contributed by atoms with Crippen LogP contribution in [0.25, 0.3) is 0 Å². The second-order valence-electron chi connectivity index (χ2n) is 6.02. The lowest BCUT2D eigenvalue weighted by Crippen LogP contribution is -2.28. The van der Waals surface area contributed by atoms with Crippen molar-refractivity contribution < 1.29 is 22.7 Å². The third-order valence-electron chi connectivity index (χ3n) is 4.06. The molecule has 2 aromatic rings. The first kappa shape index (κ1) is 17.3. The van der Waals surface area contributed by atoms with Crippen LogP contribution in [-0.4, -0.2) is 18.3 Å². The lowest BCUT2D eigenvalue weighted by atomic mass is 9.87. The Bertz CT molecular complexity index is 790. The number of ether oxygens (including phenoxy) is 1. The summed E-state index contributed by atoms with van der Waals surface area (Å²) >= 11 is 0. The van der Waals surface area contributed by atoms with Gasteiger partial charge in [0.2, 0.25) is 0 Å². The van der Waals surface area contributed by atoms with Crippen molar-refractivity contribution in [1.29, 1.82) is 0 Å². The van der Waals surface area contributed by atoms with Crippen LogP contribution < -0.4 is 15.8 Å². The molecule has 0 fully saturated rings. The first-order valence-electron chi connectivity index (χ1n) is 7.85. The lowest BCUT2D eigenvalue weighted by molar-refractivity contribution is -0.274. The van der Waals surface area contributed by atoms with Crippen molar-refractivity contribution in [3.8, 4) is 5.75 Å². The molecule has 25 heavy (non-hydrogen) atoms. The van der Waals surface area contributed by atoms with E-state index in [0.717, 1.165) is 36.5 Å². The number of fused-ring (bicyclic) bond motifs is 1. The van der Waals surface area contributed by atoms with Crippen molar-refractivity contribution in [2.24, 2.45) is 5.73 Å². The zero-order chi connectivity index (χ0) is 18.0. The van der Waals surface area contributed by atoms with Crippen molar-refractivity contribution in [2.45, 2.75) is 31.7 Å². The van der Waals surface area contributed by atoms with Crippen molar-refractivity contribution in [3.05, 3.63) is 59.2 Å². The molecule has 1 aliphatic carbocycles. The molecule has 2 aromatic carbocycles. The van der Waals surface area contributed by atoms with E-state index in [1.165, 1.54) is 18.2 Å². The van der Waals surface area contributed by atoms with Gasteiger partial charge in [0, 0.05) is 23.4 Å². The van der Waals surface area contributed by atoms with Crippen LogP contribution in [0.5, 0.6) is 5.75 Å². The molecule has 7 heteroatoms. The van der Waals surface area contributed by atoms with Crippen LogP contribution in [-0.2, 0) is 12.8 Å². The predicted molar refractivity (Wildman–Crippen MR) is 87.5 cm³/mol. The maximum Gasteiger partial charge on any atom is 0.573 e. The monoisotopic (exact) mass is 350 g/mol. The lowest BCUT2D eigenvalue weighted by Gasteiger charge is -2.21. The summed E-state index contributed by atoms with van der Waals surface area (Å²) in [5.41, 5.74) is 8.84. The summed E-state index contributed by atoms with van der Waals surface area (Å²) < 4.78 is 40.7. The highest BCUT2D eigenvalue weighted by molar-refractivity contribution is 6.04. The number of benzene rings is 2. The summed E-state index contributed by atoms with van der Waals surface area (Å²) in [7, 11) is 0. The molecule has 3 N–H and O–H groups in total. The van der Waals surface area contributed by atoms with Crippen LogP contribution in [0.4, 0.5) is 18.9 Å². The number of carbonyl (C=O) groups is 1. The minimum Gasteiger partial charge on any atom is -0.406 e. The number of rotatable bonds is 3. The third-order valence-corrected chi connectivity index (χ3v) is 4.06. The van der Waals surface area contributed by atoms with Gasteiger partial charge in [-0.1, -0.05) is 12.1 Å². The number of anilines is 1. The van der Waals surface area contributed by atoms with E-state index in [0.29, 0.717) is 5.56 Å². The Morgan fingerprint density at radius 3 is 2.72 bits per heavy atom. The smallest absolute Gasteiger partial charge is 0.406 e. The summed E-state index contributed by atoms with van der Waals surface area (Å²) in [6.45, 7) is 0. The zero-order valence-electron chi connectivity index (χ0n) is 13.3. The largest absolute Gasteiger partial charge is 0.573 e. The minimum atomic E-state index is -4.78. The molecule has 3 rings (SSSR count). The molecule has 0 saturated heterocycles. The number of halogens is 3. The Hall–Kier alpha value is -2.54. The molecule has 0 aromatic heterocycles. The zero-order valence-corrected chi connectivity index (χ0v) is 13.3. The van der Waals surface area contributed by atoms with Gasteiger partial charge in [0.25, 0.3) is 5.91 Å². The molecule has 0 radical (unpaired) electrons. The van der Waals surface area contributed by atoms with Gasteiger partial charge in [-0.05, 0) is 54.7 Å². The van der Waals surface area contributed by atoms with E-state index in [1.54, 1.807) is 6.07 Å². The highest BCUT2D eigenvalue weighted by atomic mass is 19.4. The van der Waals surface area contributed by atoms with E-state index in [4.69, 9.17) is 5.73 Å². The number of hydrogen-bond acceptors (Lipinski definition) is 3. The van der Waals surface area contributed by atoms with Gasteiger partial charge in [0.05, 0.1) is 0 Å². The fourth-order valence-electron chi connectivity index (χ4n) is 2.90. The molecule has 4 nitrogen and oxygen atoms in total. The number of nitrogens with two attached hydrogens (primary N) is 1. The Labute approximate surface area is 142 Å². The minimum absolute atomic E-state index is 0.142. The van der Waals surface area contributed by atoms with Gasteiger partial charge < -0.3 is 15.8 Å². The molecule has 0 heterocycles. The SMILES string of the molecule is NC1CCc2cc(C(=O)Nc3cccc(OC(F)(F)F)c3)ccc2C1. The van der Waals surface area contributed by atoms with Gasteiger partial charge in [-0.2, -0.15) is 0 Å². The van der Waals surface area contributed by atoms with Gasteiger partial charge in [-0.15, -0.1) is 13.2 Å². The van der Waals surface area contributed by atoms with E-state index >= 15 is 0 Å². The first-order valence-corrected chi connectivity index (χ1v) is 7.85. The van der Waals surface area contributed by atoms with E-state index in [1.807, 2.05) is 12.1 Å². The van der Waals surface area contributed by atoms with Crippen LogP contribution in [0.2, 0.25) is 0 Å². The highest BCUT2D eigenvalue weighted by Crippen LogP contribution is 2.26. The van der Waals surface area contributed by atoms with E-state index in [2.05, 4.69) is 10.1 Å². The summed E-state index contributed by atoms with van der Waals surface area (Å²) in [6, 6.07) is 10.7. The van der Waals surface area contributed by atoms with Crippen LogP contribution in [0.15, 0.2) is 42.5 Å². The molecule has 1 aliphatic rings. The average Bonchev–Trinajstić information content (AvgIpc) is 2.53. The normalized spacial score (nSPS) is 16.9. The Kier molecular flexibility index (Phi) is 4.67. The van der Waals surface area contributed by atoms with E-state index in [-0.39, 0.29) is 23.4 Å². The quantitative estimate of drug-likeness (QED) is 0.888. The number of amides is 1. The van der Waals surface area contributed by atoms with E-state index < -0.39 is 6.36 Å². The maximum absolute atomic E-state index is 12.4. The molecule has 1 unspecified atom stereocenters. The van der Waals surface area contributed by atoms with Crippen LogP contribution in [0.3, 0.4) is 0 Å². The Balaban J connectivity index is 1.73. The number of nitrogens with one attached hydrogen (secondary N) is 1. The van der Waals surface area contributed by atoms with Gasteiger partial charge in [-0.3, -0.25) is 4.79 Å². The molecule has 1 amide bonds. The highest BCUT2D eigenvalue weighted by Gasteiger charge is 2.31.